The topological polar surface area (TPSA) is 135 Å². The summed E-state index contributed by atoms with van der Waals surface area (Å²) in [5.41, 5.74) is 3.99. The van der Waals surface area contributed by atoms with E-state index in [9.17, 15) is 14.9 Å². The summed E-state index contributed by atoms with van der Waals surface area (Å²) >= 11 is 1.27. The average molecular weight is 511 g/mol. The number of aromatic nitrogens is 1. The average Bonchev–Trinajstić information content (AvgIpc) is 3.30. The van der Waals surface area contributed by atoms with Crippen LogP contribution in [0.25, 0.3) is 11.3 Å². The predicted octanol–water partition coefficient (Wildman–Crippen LogP) is 4.83. The highest BCUT2D eigenvalue weighted by atomic mass is 32.1. The molecule has 182 valence electrons. The lowest BCUT2D eigenvalue weighted by Gasteiger charge is -2.18. The van der Waals surface area contributed by atoms with Gasteiger partial charge in [-0.3, -0.25) is 14.9 Å². The van der Waals surface area contributed by atoms with Gasteiger partial charge in [0.2, 0.25) is 4.80 Å². The highest BCUT2D eigenvalue weighted by Crippen LogP contribution is 2.33. The zero-order valence-electron chi connectivity index (χ0n) is 19.4. The quantitative estimate of drug-likeness (QED) is 0.233. The van der Waals surface area contributed by atoms with Crippen LogP contribution in [0.15, 0.2) is 82.2 Å². The molecule has 0 aliphatic carbocycles. The molecule has 0 radical (unpaired) electrons. The number of amides is 1. The molecule has 1 N–H and O–H groups in total. The third-order valence-electron chi connectivity index (χ3n) is 5.57. The maximum Gasteiger partial charge on any atom is 0.294 e. The molecule has 3 aromatic carbocycles. The number of anilines is 1. The van der Waals surface area contributed by atoms with Crippen LogP contribution in [-0.2, 0) is 4.79 Å². The summed E-state index contributed by atoms with van der Waals surface area (Å²) < 4.78 is 7.08. The Labute approximate surface area is 214 Å². The molecule has 0 fully saturated rings. The molecule has 0 unspecified atom stereocenters. The van der Waals surface area contributed by atoms with Crippen LogP contribution in [0.1, 0.15) is 18.1 Å². The van der Waals surface area contributed by atoms with E-state index in [-0.39, 0.29) is 23.9 Å². The molecule has 11 heteroatoms. The number of rotatable bonds is 5. The lowest BCUT2D eigenvalue weighted by molar-refractivity contribution is -0.384. The number of thiazole rings is 1. The molecule has 0 saturated carbocycles. The van der Waals surface area contributed by atoms with Gasteiger partial charge in [-0.15, -0.1) is 11.3 Å². The molecular weight excluding hydrogens is 492 g/mol. The lowest BCUT2D eigenvalue weighted by Crippen LogP contribution is -2.25. The molecule has 1 aliphatic heterocycles. The van der Waals surface area contributed by atoms with E-state index in [2.05, 4.69) is 16.4 Å². The van der Waals surface area contributed by atoms with Gasteiger partial charge in [0, 0.05) is 17.0 Å². The number of nitriles is 1. The Hall–Kier alpha value is -5.08. The summed E-state index contributed by atoms with van der Waals surface area (Å²) in [7, 11) is 0. The normalized spacial score (nSPS) is 13.4. The summed E-state index contributed by atoms with van der Waals surface area (Å²) in [5.74, 6) is 0.316. The number of ether oxygens (including phenoxy) is 1. The smallest absolute Gasteiger partial charge is 0.294 e. The van der Waals surface area contributed by atoms with E-state index >= 15 is 0 Å². The fourth-order valence-electron chi connectivity index (χ4n) is 3.72. The number of fused-ring (bicyclic) bond motifs is 1. The largest absolute Gasteiger partial charge is 0.482 e. The fraction of sp³-hybridized carbons (Fsp3) is 0.0769. The molecule has 1 amide bonds. The van der Waals surface area contributed by atoms with Crippen molar-refractivity contribution in [2.24, 2.45) is 10.1 Å². The Morgan fingerprint density at radius 3 is 2.73 bits per heavy atom. The molecule has 1 aromatic heterocycles. The van der Waals surface area contributed by atoms with Crippen molar-refractivity contribution in [3.05, 3.63) is 98.2 Å². The number of nitro groups is 1. The first-order valence-corrected chi connectivity index (χ1v) is 11.9. The second-order valence-electron chi connectivity index (χ2n) is 8.00. The monoisotopic (exact) mass is 510 g/mol. The SMILES string of the molecule is CC(=Nn1c(-c2ccc3c(c2)NC(=O)CO3)csc1=Nc1ccccc1[N+](=O)[O-])c1ccc(C#N)cc1. The van der Waals surface area contributed by atoms with Crippen molar-refractivity contribution in [1.29, 1.82) is 5.26 Å². The highest BCUT2D eigenvalue weighted by molar-refractivity contribution is 7.07. The van der Waals surface area contributed by atoms with Gasteiger partial charge >= 0.3 is 0 Å². The standard InChI is InChI=1S/C26H18N6O4S/c1-16(18-8-6-17(13-27)7-9-18)30-31-23(19-10-11-24-21(12-19)28-25(33)14-36-24)15-37-26(31)29-20-4-2-3-5-22(20)32(34)35/h2-12,15H,14H2,1H3,(H,28,33). The van der Waals surface area contributed by atoms with E-state index in [0.717, 1.165) is 11.1 Å². The minimum absolute atomic E-state index is 0.0439. The van der Waals surface area contributed by atoms with E-state index in [1.165, 1.54) is 17.4 Å². The number of para-hydroxylation sites is 2. The Bertz CT molecular complexity index is 1680. The third kappa shape index (κ3) is 4.86. The zero-order chi connectivity index (χ0) is 25.9. The number of carbonyl (C=O) groups is 1. The molecular formula is C26H18N6O4S. The Morgan fingerprint density at radius 1 is 1.19 bits per heavy atom. The van der Waals surface area contributed by atoms with Crippen molar-refractivity contribution in [3.8, 4) is 23.1 Å². The predicted molar refractivity (Wildman–Crippen MR) is 139 cm³/mol. The molecule has 0 bridgehead atoms. The van der Waals surface area contributed by atoms with Crippen molar-refractivity contribution in [3.63, 3.8) is 0 Å². The van der Waals surface area contributed by atoms with Crippen molar-refractivity contribution in [2.75, 3.05) is 11.9 Å². The van der Waals surface area contributed by atoms with Gasteiger partial charge in [-0.1, -0.05) is 24.3 Å². The minimum atomic E-state index is -0.477. The summed E-state index contributed by atoms with van der Waals surface area (Å²) in [6.07, 6.45) is 0. The molecule has 0 spiro atoms. The fourth-order valence-corrected chi connectivity index (χ4v) is 4.57. The van der Waals surface area contributed by atoms with Crippen molar-refractivity contribution < 1.29 is 14.5 Å². The van der Waals surface area contributed by atoms with Crippen LogP contribution in [0, 0.1) is 21.4 Å². The van der Waals surface area contributed by atoms with Crippen LogP contribution < -0.4 is 14.9 Å². The maximum absolute atomic E-state index is 11.8. The van der Waals surface area contributed by atoms with E-state index < -0.39 is 4.92 Å². The number of nitrogens with zero attached hydrogens (tertiary/aromatic N) is 5. The molecule has 2 heterocycles. The van der Waals surface area contributed by atoms with Crippen molar-refractivity contribution >= 4 is 40.0 Å². The summed E-state index contributed by atoms with van der Waals surface area (Å²) in [6.45, 7) is 1.78. The molecule has 0 saturated heterocycles. The number of hydrogen-bond acceptors (Lipinski definition) is 8. The molecule has 0 atom stereocenters. The van der Waals surface area contributed by atoms with E-state index in [1.807, 2.05) is 18.4 Å². The highest BCUT2D eigenvalue weighted by Gasteiger charge is 2.19. The Balaban J connectivity index is 1.68. The number of benzene rings is 3. The van der Waals surface area contributed by atoms with Gasteiger partial charge < -0.3 is 10.1 Å². The van der Waals surface area contributed by atoms with E-state index in [0.29, 0.717) is 33.2 Å². The summed E-state index contributed by atoms with van der Waals surface area (Å²) in [6, 6.07) is 20.7. The van der Waals surface area contributed by atoms with Gasteiger partial charge in [0.1, 0.15) is 11.4 Å². The van der Waals surface area contributed by atoms with E-state index in [4.69, 9.17) is 15.1 Å². The molecule has 37 heavy (non-hydrogen) atoms. The second-order valence-corrected chi connectivity index (χ2v) is 8.83. The maximum atomic E-state index is 11.8. The van der Waals surface area contributed by atoms with Gasteiger partial charge in [-0.05, 0) is 48.9 Å². The Kier molecular flexibility index (Phi) is 6.32. The molecule has 4 aromatic rings. The van der Waals surface area contributed by atoms with Crippen molar-refractivity contribution in [1.82, 2.24) is 4.68 Å². The summed E-state index contributed by atoms with van der Waals surface area (Å²) in [5, 5.41) is 30.1. The van der Waals surface area contributed by atoms with Crippen LogP contribution in [0.4, 0.5) is 17.1 Å². The van der Waals surface area contributed by atoms with Gasteiger partial charge in [0.05, 0.1) is 33.6 Å². The second kappa shape index (κ2) is 9.88. The van der Waals surface area contributed by atoms with Crippen LogP contribution in [0.5, 0.6) is 5.75 Å². The zero-order valence-corrected chi connectivity index (χ0v) is 20.2. The molecule has 5 rings (SSSR count). The van der Waals surface area contributed by atoms with Crippen LogP contribution >= 0.6 is 11.3 Å². The first kappa shape index (κ1) is 23.7. The first-order valence-electron chi connectivity index (χ1n) is 11.0. The van der Waals surface area contributed by atoms with E-state index in [1.54, 1.807) is 59.3 Å². The summed E-state index contributed by atoms with van der Waals surface area (Å²) in [4.78, 5) is 27.9. The molecule has 1 aliphatic rings. The van der Waals surface area contributed by atoms with Crippen molar-refractivity contribution in [2.45, 2.75) is 6.92 Å². The van der Waals surface area contributed by atoms with Gasteiger partial charge in [0.25, 0.3) is 11.6 Å². The van der Waals surface area contributed by atoms with Gasteiger partial charge in [-0.25, -0.2) is 9.67 Å². The van der Waals surface area contributed by atoms with Gasteiger partial charge in [0.15, 0.2) is 6.61 Å². The first-order chi connectivity index (χ1) is 17.9. The Morgan fingerprint density at radius 2 is 1.97 bits per heavy atom. The number of carbonyl (C=O) groups excluding carboxylic acids is 1. The minimum Gasteiger partial charge on any atom is -0.482 e. The number of nitro benzene ring substituents is 1. The number of hydrogen-bond donors (Lipinski definition) is 1. The third-order valence-corrected chi connectivity index (χ3v) is 6.39. The lowest BCUT2D eigenvalue weighted by atomic mass is 10.1. The van der Waals surface area contributed by atoms with Crippen LogP contribution in [0.2, 0.25) is 0 Å². The number of nitrogens with one attached hydrogen (secondary N) is 1. The molecule has 10 nitrogen and oxygen atoms in total. The van der Waals surface area contributed by atoms with Crippen LogP contribution in [0.3, 0.4) is 0 Å². The van der Waals surface area contributed by atoms with Crippen LogP contribution in [-0.4, -0.2) is 27.8 Å². The van der Waals surface area contributed by atoms with Gasteiger partial charge in [-0.2, -0.15) is 10.4 Å².